The van der Waals surface area contributed by atoms with Crippen LogP contribution in [-0.2, 0) is 28.2 Å². The summed E-state index contributed by atoms with van der Waals surface area (Å²) in [6, 6.07) is 10.9. The van der Waals surface area contributed by atoms with E-state index in [2.05, 4.69) is 15.9 Å². The van der Waals surface area contributed by atoms with Crippen LogP contribution < -0.4 is 4.90 Å². The van der Waals surface area contributed by atoms with Gasteiger partial charge in [0.05, 0.1) is 5.69 Å². The Bertz CT molecular complexity index is 939. The van der Waals surface area contributed by atoms with Crippen molar-refractivity contribution in [2.24, 2.45) is 0 Å². The van der Waals surface area contributed by atoms with Crippen LogP contribution >= 0.6 is 15.9 Å². The molecule has 1 aliphatic heterocycles. The van der Waals surface area contributed by atoms with Gasteiger partial charge in [-0.1, -0.05) is 34.1 Å². The van der Waals surface area contributed by atoms with Gasteiger partial charge in [0.15, 0.2) is 0 Å². The third-order valence-electron chi connectivity index (χ3n) is 5.20. The zero-order valence-electron chi connectivity index (χ0n) is 14.9. The molecule has 0 radical (unpaired) electrons. The van der Waals surface area contributed by atoms with E-state index in [0.29, 0.717) is 36.9 Å². The fourth-order valence-electron chi connectivity index (χ4n) is 3.51. The number of carbonyl (C=O) groups excluding carboxylic acids is 2. The van der Waals surface area contributed by atoms with Crippen molar-refractivity contribution in [3.05, 3.63) is 63.1 Å². The van der Waals surface area contributed by atoms with Crippen LogP contribution in [0, 0.1) is 0 Å². The molecule has 0 spiro atoms. The van der Waals surface area contributed by atoms with E-state index >= 15 is 0 Å². The summed E-state index contributed by atoms with van der Waals surface area (Å²) in [5, 5.41) is 0. The number of hydrogen-bond acceptors (Lipinski definition) is 3. The molecule has 0 bridgehead atoms. The van der Waals surface area contributed by atoms with Crippen molar-refractivity contribution in [3.8, 4) is 0 Å². The minimum atomic E-state index is -1.20. The number of halogens is 2. The van der Waals surface area contributed by atoms with E-state index in [9.17, 15) is 14.0 Å². The van der Waals surface area contributed by atoms with Gasteiger partial charge in [-0.3, -0.25) is 9.59 Å². The largest absolute Gasteiger partial charge is 0.461 e. The molecular weight excluding hydrogens is 413 g/mol. The van der Waals surface area contributed by atoms with Gasteiger partial charge in [0.25, 0.3) is 5.91 Å². The SMILES string of the molecule is CC(=O)OCc1c(Br)cccc1N1CCc2cc(C3(F)CC3)ccc2C1=O. The lowest BCUT2D eigenvalue weighted by molar-refractivity contribution is -0.142. The number of anilines is 1. The molecular formula is C21H19BrFNO3. The molecule has 1 aliphatic carbocycles. The van der Waals surface area contributed by atoms with Gasteiger partial charge in [-0.05, 0) is 48.6 Å². The van der Waals surface area contributed by atoms with E-state index in [1.165, 1.54) is 6.92 Å². The number of esters is 1. The van der Waals surface area contributed by atoms with Gasteiger partial charge < -0.3 is 9.64 Å². The van der Waals surface area contributed by atoms with Crippen LogP contribution in [0.5, 0.6) is 0 Å². The molecule has 4 rings (SSSR count). The Labute approximate surface area is 165 Å². The van der Waals surface area contributed by atoms with Crippen LogP contribution in [0.2, 0.25) is 0 Å². The number of nitrogens with zero attached hydrogens (tertiary/aromatic N) is 1. The number of amides is 1. The third kappa shape index (κ3) is 3.38. The molecule has 0 atom stereocenters. The zero-order chi connectivity index (χ0) is 19.2. The highest BCUT2D eigenvalue weighted by Crippen LogP contribution is 2.50. The molecule has 0 saturated heterocycles. The molecule has 140 valence electrons. The van der Waals surface area contributed by atoms with Crippen molar-refractivity contribution in [2.75, 3.05) is 11.4 Å². The molecule has 4 nitrogen and oxygen atoms in total. The van der Waals surface area contributed by atoms with Crippen LogP contribution in [-0.4, -0.2) is 18.4 Å². The molecule has 2 aromatic carbocycles. The van der Waals surface area contributed by atoms with E-state index in [1.807, 2.05) is 24.3 Å². The first-order valence-electron chi connectivity index (χ1n) is 8.94. The number of alkyl halides is 1. The van der Waals surface area contributed by atoms with Crippen molar-refractivity contribution < 1.29 is 18.7 Å². The van der Waals surface area contributed by atoms with Gasteiger partial charge in [-0.2, -0.15) is 0 Å². The second-order valence-corrected chi connectivity index (χ2v) is 7.92. The smallest absolute Gasteiger partial charge is 0.302 e. The predicted molar refractivity (Wildman–Crippen MR) is 103 cm³/mol. The van der Waals surface area contributed by atoms with Gasteiger partial charge >= 0.3 is 5.97 Å². The number of carbonyl (C=O) groups is 2. The predicted octanol–water partition coefficient (Wildman–Crippen LogP) is 4.67. The molecule has 1 fully saturated rings. The Morgan fingerprint density at radius 2 is 2.07 bits per heavy atom. The molecule has 2 aliphatic rings. The van der Waals surface area contributed by atoms with Gasteiger partial charge in [0.1, 0.15) is 12.3 Å². The first kappa shape index (κ1) is 18.2. The highest BCUT2D eigenvalue weighted by molar-refractivity contribution is 9.10. The van der Waals surface area contributed by atoms with E-state index in [4.69, 9.17) is 4.74 Å². The Hall–Kier alpha value is -2.21. The van der Waals surface area contributed by atoms with Crippen molar-refractivity contribution in [2.45, 2.75) is 38.5 Å². The van der Waals surface area contributed by atoms with Gasteiger partial charge in [0, 0.05) is 29.1 Å². The first-order chi connectivity index (χ1) is 12.9. The normalized spacial score (nSPS) is 17.4. The lowest BCUT2D eigenvalue weighted by atomic mass is 9.94. The zero-order valence-corrected chi connectivity index (χ0v) is 16.5. The van der Waals surface area contributed by atoms with Crippen LogP contribution in [0.25, 0.3) is 0 Å². The van der Waals surface area contributed by atoms with Crippen molar-refractivity contribution in [1.29, 1.82) is 0 Å². The summed E-state index contributed by atoms with van der Waals surface area (Å²) in [6.07, 6.45) is 1.78. The van der Waals surface area contributed by atoms with Crippen molar-refractivity contribution in [1.82, 2.24) is 0 Å². The van der Waals surface area contributed by atoms with E-state index in [1.54, 1.807) is 17.0 Å². The monoisotopic (exact) mass is 431 g/mol. The first-order valence-corrected chi connectivity index (χ1v) is 9.73. The van der Waals surface area contributed by atoms with Crippen molar-refractivity contribution >= 4 is 33.5 Å². The Morgan fingerprint density at radius 1 is 1.30 bits per heavy atom. The fourth-order valence-corrected chi connectivity index (χ4v) is 3.98. The third-order valence-corrected chi connectivity index (χ3v) is 5.94. The van der Waals surface area contributed by atoms with Gasteiger partial charge in [-0.25, -0.2) is 4.39 Å². The molecule has 6 heteroatoms. The number of hydrogen-bond donors (Lipinski definition) is 0. The fraction of sp³-hybridized carbons (Fsp3) is 0.333. The Kier molecular flexibility index (Phi) is 4.54. The van der Waals surface area contributed by atoms with Gasteiger partial charge in [-0.15, -0.1) is 0 Å². The average Bonchev–Trinajstić information content (AvgIpc) is 3.39. The maximum atomic E-state index is 14.3. The second-order valence-electron chi connectivity index (χ2n) is 7.06. The number of fused-ring (bicyclic) bond motifs is 1. The molecule has 0 N–H and O–H groups in total. The van der Waals surface area contributed by atoms with Crippen molar-refractivity contribution in [3.63, 3.8) is 0 Å². The van der Waals surface area contributed by atoms with Crippen LogP contribution in [0.15, 0.2) is 40.9 Å². The summed E-state index contributed by atoms with van der Waals surface area (Å²) in [4.78, 5) is 26.0. The number of benzene rings is 2. The maximum absolute atomic E-state index is 14.3. The molecule has 2 aromatic rings. The summed E-state index contributed by atoms with van der Waals surface area (Å²) in [5.41, 5.74) is 2.45. The molecule has 0 unspecified atom stereocenters. The average molecular weight is 432 g/mol. The molecule has 27 heavy (non-hydrogen) atoms. The van der Waals surface area contributed by atoms with E-state index < -0.39 is 5.67 Å². The van der Waals surface area contributed by atoms with Gasteiger partial charge in [0.2, 0.25) is 0 Å². The Balaban J connectivity index is 1.66. The van der Waals surface area contributed by atoms with Crippen LogP contribution in [0.3, 0.4) is 0 Å². The standard InChI is InChI=1S/C21H19BrFNO3/c1-13(25)27-12-17-18(22)3-2-4-19(17)24-10-7-14-11-15(21(23)8-9-21)5-6-16(14)20(24)26/h2-6,11H,7-10,12H2,1H3. The summed E-state index contributed by atoms with van der Waals surface area (Å²) in [7, 11) is 0. The lowest BCUT2D eigenvalue weighted by Gasteiger charge is -2.31. The Morgan fingerprint density at radius 3 is 2.78 bits per heavy atom. The molecule has 1 saturated carbocycles. The molecule has 0 aromatic heterocycles. The number of rotatable bonds is 4. The summed E-state index contributed by atoms with van der Waals surface area (Å²) in [6.45, 7) is 1.94. The lowest BCUT2D eigenvalue weighted by Crippen LogP contribution is -2.38. The van der Waals surface area contributed by atoms with E-state index in [-0.39, 0.29) is 18.5 Å². The maximum Gasteiger partial charge on any atom is 0.302 e. The quantitative estimate of drug-likeness (QED) is 0.660. The minimum absolute atomic E-state index is 0.0893. The summed E-state index contributed by atoms with van der Waals surface area (Å²) >= 11 is 3.48. The molecule has 1 heterocycles. The summed E-state index contributed by atoms with van der Waals surface area (Å²) in [5.74, 6) is -0.492. The number of ether oxygens (including phenoxy) is 1. The minimum Gasteiger partial charge on any atom is -0.461 e. The molecule has 1 amide bonds. The second kappa shape index (κ2) is 6.75. The summed E-state index contributed by atoms with van der Waals surface area (Å²) < 4.78 is 20.3. The van der Waals surface area contributed by atoms with Crippen LogP contribution in [0.1, 0.15) is 46.8 Å². The topological polar surface area (TPSA) is 46.6 Å². The highest BCUT2D eigenvalue weighted by Gasteiger charge is 2.45. The van der Waals surface area contributed by atoms with Crippen LogP contribution in [0.4, 0.5) is 10.1 Å². The van der Waals surface area contributed by atoms with E-state index in [0.717, 1.165) is 21.3 Å². The highest BCUT2D eigenvalue weighted by atomic mass is 79.9.